The molecular weight excluding hydrogens is 600 g/mol. The topological polar surface area (TPSA) is 48.6 Å². The van der Waals surface area contributed by atoms with Gasteiger partial charge >= 0.3 is 0 Å². The summed E-state index contributed by atoms with van der Waals surface area (Å²) in [7, 11) is 0. The molecule has 0 spiro atoms. The van der Waals surface area contributed by atoms with Gasteiger partial charge in [-0.25, -0.2) is 0 Å². The number of nitrogens with zero attached hydrogens (tertiary/aromatic N) is 1. The fraction of sp³-hybridized carbons (Fsp3) is 0.639. The van der Waals surface area contributed by atoms with E-state index in [0.29, 0.717) is 12.5 Å². The number of rotatable bonds is 25. The zero-order valence-corrected chi connectivity index (χ0v) is 30.6. The fourth-order valence-corrected chi connectivity index (χ4v) is 8.41. The predicted octanol–water partition coefficient (Wildman–Crippen LogP) is 8.31. The van der Waals surface area contributed by atoms with E-state index in [1.807, 2.05) is 6.08 Å². The van der Waals surface area contributed by atoms with Crippen molar-refractivity contribution in [3.05, 3.63) is 67.0 Å². The summed E-state index contributed by atoms with van der Waals surface area (Å²) < 4.78 is 5.70. The highest BCUT2D eigenvalue weighted by molar-refractivity contribution is 8.51. The first-order valence-corrected chi connectivity index (χ1v) is 21.2. The number of benzene rings is 1. The van der Waals surface area contributed by atoms with Crippen LogP contribution in [0.5, 0.6) is 0 Å². The van der Waals surface area contributed by atoms with Gasteiger partial charge in [-0.15, -0.1) is 6.58 Å². The number of anilines is 1. The van der Waals surface area contributed by atoms with Gasteiger partial charge in [0.25, 0.3) is 0 Å². The highest BCUT2D eigenvalue weighted by atomic mass is 32.7. The average Bonchev–Trinajstić information content (AvgIpc) is 2.99. The largest absolute Gasteiger partial charge is 0.385 e. The van der Waals surface area contributed by atoms with Gasteiger partial charge in [0, 0.05) is 43.4 Å². The summed E-state index contributed by atoms with van der Waals surface area (Å²) in [6.07, 6.45) is 17.9. The van der Waals surface area contributed by atoms with E-state index < -0.39 is 6.09 Å². The molecule has 0 amide bonds. The Bertz CT molecular complexity index is 1000. The molecule has 44 heavy (non-hydrogen) atoms. The monoisotopic (exact) mass is 662 g/mol. The number of nitrogens with one attached hydrogen (secondary N) is 3. The van der Waals surface area contributed by atoms with E-state index in [0.717, 1.165) is 74.5 Å². The molecule has 250 valence electrons. The second kappa shape index (κ2) is 22.4. The van der Waals surface area contributed by atoms with Gasteiger partial charge in [-0.05, 0) is 106 Å². The summed E-state index contributed by atoms with van der Waals surface area (Å²) in [5, 5.41) is 10.8. The molecule has 1 aromatic rings. The number of thiol groups is 2. The Hall–Kier alpha value is -1.08. The molecule has 1 aliphatic rings. The Morgan fingerprint density at radius 1 is 1.07 bits per heavy atom. The number of hydrogen-bond acceptors (Lipinski definition) is 7. The summed E-state index contributed by atoms with van der Waals surface area (Å²) in [5.41, 5.74) is 4.55. The van der Waals surface area contributed by atoms with Crippen molar-refractivity contribution in [3.63, 3.8) is 0 Å². The quantitative estimate of drug-likeness (QED) is 0.0240. The maximum Gasteiger partial charge on any atom is 0.0638 e. The lowest BCUT2D eigenvalue weighted by atomic mass is 9.81. The van der Waals surface area contributed by atoms with Gasteiger partial charge in [0.1, 0.15) is 0 Å². The third-order valence-electron chi connectivity index (χ3n) is 8.41. The van der Waals surface area contributed by atoms with Gasteiger partial charge in [-0.2, -0.15) is 24.9 Å². The van der Waals surface area contributed by atoms with E-state index in [4.69, 9.17) is 17.0 Å². The molecule has 1 aromatic carbocycles. The zero-order chi connectivity index (χ0) is 32.2. The van der Waals surface area contributed by atoms with Crippen LogP contribution in [0, 0.1) is 11.8 Å². The summed E-state index contributed by atoms with van der Waals surface area (Å²) in [4.78, 5) is 2.43. The van der Waals surface area contributed by atoms with Gasteiger partial charge in [-0.1, -0.05) is 63.5 Å². The van der Waals surface area contributed by atoms with Gasteiger partial charge in [0.15, 0.2) is 0 Å². The third kappa shape index (κ3) is 16.5. The smallest absolute Gasteiger partial charge is 0.0638 e. The molecule has 0 aliphatic heterocycles. The minimum absolute atomic E-state index is 0.125. The minimum Gasteiger partial charge on any atom is -0.385 e. The van der Waals surface area contributed by atoms with Crippen LogP contribution < -0.4 is 16.0 Å². The predicted molar refractivity (Wildman–Crippen MR) is 206 cm³/mol. The normalized spacial score (nSPS) is 18.8. The SMILES string of the molecule is C=CCN(CNCCCCCCS)C(Cc1ccc(NC(=C)C2CCC(CP(=C)(C)S)CC2)cc1)C(=C)NCCOCCC. The number of ether oxygens (including phenoxy) is 1. The molecule has 0 radical (unpaired) electrons. The Morgan fingerprint density at radius 2 is 1.77 bits per heavy atom. The first kappa shape index (κ1) is 39.1. The van der Waals surface area contributed by atoms with Crippen molar-refractivity contribution in [2.45, 2.75) is 77.2 Å². The van der Waals surface area contributed by atoms with Gasteiger partial charge in [0.05, 0.1) is 12.6 Å². The van der Waals surface area contributed by atoms with Gasteiger partial charge in [-0.3, -0.25) is 4.90 Å². The Balaban J connectivity index is 1.98. The van der Waals surface area contributed by atoms with E-state index >= 15 is 0 Å². The first-order chi connectivity index (χ1) is 21.2. The van der Waals surface area contributed by atoms with Crippen LogP contribution >= 0.6 is 31.0 Å². The van der Waals surface area contributed by atoms with Crippen molar-refractivity contribution in [1.29, 1.82) is 0 Å². The number of unbranched alkanes of at least 4 members (excludes halogenated alkanes) is 3. The molecule has 0 aromatic heterocycles. The molecule has 2 rings (SSSR count). The van der Waals surface area contributed by atoms with E-state index in [1.165, 1.54) is 63.1 Å². The lowest BCUT2D eigenvalue weighted by Crippen LogP contribution is -2.46. The minimum atomic E-state index is -1.26. The summed E-state index contributed by atoms with van der Waals surface area (Å²) in [5.74, 6) is 2.28. The molecule has 0 heterocycles. The lowest BCUT2D eigenvalue weighted by molar-refractivity contribution is 0.136. The van der Waals surface area contributed by atoms with Crippen LogP contribution in [0.2, 0.25) is 0 Å². The molecule has 8 heteroatoms. The molecule has 1 fully saturated rings. The molecule has 1 saturated carbocycles. The Kier molecular flexibility index (Phi) is 19.9. The van der Waals surface area contributed by atoms with Crippen molar-refractivity contribution >= 4 is 43.0 Å². The summed E-state index contributed by atoms with van der Waals surface area (Å²) in [6.45, 7) is 22.1. The van der Waals surface area contributed by atoms with E-state index in [-0.39, 0.29) is 6.04 Å². The highest BCUT2D eigenvalue weighted by Gasteiger charge is 2.25. The van der Waals surface area contributed by atoms with E-state index in [2.05, 4.69) is 97.4 Å². The average molecular weight is 663 g/mol. The Labute approximate surface area is 281 Å². The van der Waals surface area contributed by atoms with Crippen LogP contribution in [-0.2, 0) is 11.2 Å². The van der Waals surface area contributed by atoms with Gasteiger partial charge in [0.2, 0.25) is 0 Å². The van der Waals surface area contributed by atoms with Crippen LogP contribution in [0.3, 0.4) is 0 Å². The highest BCUT2D eigenvalue weighted by Crippen LogP contribution is 2.50. The van der Waals surface area contributed by atoms with E-state index in [1.54, 1.807) is 0 Å². The fourth-order valence-electron chi connectivity index (χ4n) is 6.01. The first-order valence-electron chi connectivity index (χ1n) is 16.8. The van der Waals surface area contributed by atoms with Crippen molar-refractivity contribution in [2.75, 3.05) is 63.4 Å². The summed E-state index contributed by atoms with van der Waals surface area (Å²) >= 11 is 9.09. The van der Waals surface area contributed by atoms with Crippen molar-refractivity contribution in [1.82, 2.24) is 15.5 Å². The number of allylic oxidation sites excluding steroid dienone is 1. The number of hydrogen-bond donors (Lipinski definition) is 5. The third-order valence-corrected chi connectivity index (χ3v) is 10.5. The van der Waals surface area contributed by atoms with E-state index in [9.17, 15) is 0 Å². The second-order valence-electron chi connectivity index (χ2n) is 12.7. The standard InChI is InChI=1S/C36H63N4OPS2/c1-7-23-40(29-37-21-11-9-10-12-26-43)36(31(4)38-22-25-41-24-8-2)27-32-15-19-35(20-16-32)39-30(3)34-17-13-33(14-18-34)28-42(5,6)44/h7,15-16,19-20,33-34,36-39,43-44H,1,3-5,8-14,17-18,21-29H2,2,6H3. The molecule has 2 atom stereocenters. The molecule has 0 bridgehead atoms. The van der Waals surface area contributed by atoms with Crippen LogP contribution in [0.15, 0.2) is 61.5 Å². The lowest BCUT2D eigenvalue weighted by Gasteiger charge is -2.33. The molecular formula is C36H63N4OPS2. The van der Waals surface area contributed by atoms with Crippen LogP contribution in [0.4, 0.5) is 5.69 Å². The zero-order valence-electron chi connectivity index (χ0n) is 27.9. The maximum atomic E-state index is 5.70. The van der Waals surface area contributed by atoms with Crippen molar-refractivity contribution in [3.8, 4) is 0 Å². The molecule has 2 unspecified atom stereocenters. The van der Waals surface area contributed by atoms with Crippen LogP contribution in [0.25, 0.3) is 0 Å². The van der Waals surface area contributed by atoms with Crippen LogP contribution in [-0.4, -0.2) is 75.3 Å². The Morgan fingerprint density at radius 3 is 2.41 bits per heavy atom. The summed E-state index contributed by atoms with van der Waals surface area (Å²) in [6, 6.07) is 8.99. The maximum absolute atomic E-state index is 5.70. The molecule has 3 N–H and O–H groups in total. The molecule has 5 nitrogen and oxygen atoms in total. The van der Waals surface area contributed by atoms with Crippen LogP contribution in [0.1, 0.15) is 70.3 Å². The van der Waals surface area contributed by atoms with Crippen molar-refractivity contribution in [2.24, 2.45) is 11.8 Å². The van der Waals surface area contributed by atoms with Gasteiger partial charge < -0.3 is 20.7 Å². The van der Waals surface area contributed by atoms with Crippen molar-refractivity contribution < 1.29 is 4.74 Å². The second-order valence-corrected chi connectivity index (χ2v) is 19.1. The molecule has 0 saturated heterocycles. The molecule has 1 aliphatic carbocycles.